The summed E-state index contributed by atoms with van der Waals surface area (Å²) >= 11 is 0. The van der Waals surface area contributed by atoms with Crippen LogP contribution in [0.25, 0.3) is 0 Å². The van der Waals surface area contributed by atoms with Gasteiger partial charge < -0.3 is 10.1 Å². The smallest absolute Gasteiger partial charge is 0.123 e. The summed E-state index contributed by atoms with van der Waals surface area (Å²) in [5.74, 6) is 1.95. The van der Waals surface area contributed by atoms with Crippen LogP contribution in [0.3, 0.4) is 0 Å². The fraction of sp³-hybridized carbons (Fsp3) is 0.667. The maximum absolute atomic E-state index is 5.51. The first kappa shape index (κ1) is 15.4. The quantitative estimate of drug-likeness (QED) is 0.846. The molecular weight excluding hydrogens is 246 g/mol. The monoisotopic (exact) mass is 275 g/mol. The highest BCUT2D eigenvalue weighted by atomic mass is 16.5. The SMILES string of the molecule is CCC1CCC(NC(C)c2cc(C)ccc2OC)CC1. The Labute approximate surface area is 123 Å². The molecule has 2 nitrogen and oxygen atoms in total. The van der Waals surface area contributed by atoms with E-state index < -0.39 is 0 Å². The molecule has 1 N–H and O–H groups in total. The van der Waals surface area contributed by atoms with E-state index in [1.807, 2.05) is 0 Å². The first-order chi connectivity index (χ1) is 9.63. The summed E-state index contributed by atoms with van der Waals surface area (Å²) < 4.78 is 5.51. The van der Waals surface area contributed by atoms with Gasteiger partial charge in [0.05, 0.1) is 7.11 Å². The molecule has 0 radical (unpaired) electrons. The van der Waals surface area contributed by atoms with Crippen LogP contribution in [-0.4, -0.2) is 13.2 Å². The van der Waals surface area contributed by atoms with E-state index in [4.69, 9.17) is 4.74 Å². The Morgan fingerprint density at radius 2 is 1.95 bits per heavy atom. The molecule has 1 unspecified atom stereocenters. The number of benzene rings is 1. The van der Waals surface area contributed by atoms with Crippen LogP contribution in [0.1, 0.15) is 63.1 Å². The van der Waals surface area contributed by atoms with Crippen molar-refractivity contribution >= 4 is 0 Å². The molecule has 112 valence electrons. The highest BCUT2D eigenvalue weighted by molar-refractivity contribution is 5.38. The van der Waals surface area contributed by atoms with Gasteiger partial charge in [-0.1, -0.05) is 31.0 Å². The zero-order valence-electron chi connectivity index (χ0n) is 13.4. The summed E-state index contributed by atoms with van der Waals surface area (Å²) in [6.07, 6.45) is 6.74. The van der Waals surface area contributed by atoms with Gasteiger partial charge in [-0.15, -0.1) is 0 Å². The molecular formula is C18H29NO. The van der Waals surface area contributed by atoms with E-state index in [0.29, 0.717) is 12.1 Å². The van der Waals surface area contributed by atoms with E-state index in [-0.39, 0.29) is 0 Å². The Morgan fingerprint density at radius 3 is 2.55 bits per heavy atom. The number of nitrogens with one attached hydrogen (secondary N) is 1. The maximum Gasteiger partial charge on any atom is 0.123 e. The van der Waals surface area contributed by atoms with Gasteiger partial charge >= 0.3 is 0 Å². The number of hydrogen-bond donors (Lipinski definition) is 1. The second-order valence-corrected chi connectivity index (χ2v) is 6.26. The second kappa shape index (κ2) is 7.12. The number of rotatable bonds is 5. The predicted octanol–water partition coefficient (Wildman–Crippen LogP) is 4.62. The van der Waals surface area contributed by atoms with Crippen molar-refractivity contribution in [2.75, 3.05) is 7.11 Å². The minimum absolute atomic E-state index is 0.355. The molecule has 1 aliphatic rings. The molecule has 0 spiro atoms. The minimum atomic E-state index is 0.355. The molecule has 0 saturated heterocycles. The molecule has 1 aliphatic carbocycles. The lowest BCUT2D eigenvalue weighted by Crippen LogP contribution is -2.35. The number of methoxy groups -OCH3 is 1. The largest absolute Gasteiger partial charge is 0.496 e. The van der Waals surface area contributed by atoms with Crippen molar-refractivity contribution in [3.63, 3.8) is 0 Å². The highest BCUT2D eigenvalue weighted by Crippen LogP contribution is 2.30. The summed E-state index contributed by atoms with van der Waals surface area (Å²) in [5.41, 5.74) is 2.58. The Balaban J connectivity index is 1.98. The number of aryl methyl sites for hydroxylation is 1. The molecule has 1 fully saturated rings. The summed E-state index contributed by atoms with van der Waals surface area (Å²) in [6.45, 7) is 6.71. The van der Waals surface area contributed by atoms with E-state index in [1.54, 1.807) is 7.11 Å². The molecule has 1 atom stereocenters. The highest BCUT2D eigenvalue weighted by Gasteiger charge is 2.22. The molecule has 0 aromatic heterocycles. The summed E-state index contributed by atoms with van der Waals surface area (Å²) in [7, 11) is 1.76. The Morgan fingerprint density at radius 1 is 1.25 bits per heavy atom. The van der Waals surface area contributed by atoms with Crippen LogP contribution in [0.2, 0.25) is 0 Å². The normalized spacial score (nSPS) is 24.4. The summed E-state index contributed by atoms with van der Waals surface area (Å²) in [6, 6.07) is 7.46. The molecule has 0 aliphatic heterocycles. The zero-order chi connectivity index (χ0) is 14.5. The standard InChI is InChI=1S/C18H29NO/c1-5-15-7-9-16(10-8-15)19-14(3)17-12-13(2)6-11-18(17)20-4/h6,11-12,14-16,19H,5,7-10H2,1-4H3. The van der Waals surface area contributed by atoms with Gasteiger partial charge in [-0.3, -0.25) is 0 Å². The van der Waals surface area contributed by atoms with Gasteiger partial charge in [0.25, 0.3) is 0 Å². The average molecular weight is 275 g/mol. The molecule has 2 heteroatoms. The van der Waals surface area contributed by atoms with Crippen LogP contribution >= 0.6 is 0 Å². The second-order valence-electron chi connectivity index (χ2n) is 6.26. The van der Waals surface area contributed by atoms with E-state index in [2.05, 4.69) is 44.3 Å². The van der Waals surface area contributed by atoms with Crippen molar-refractivity contribution < 1.29 is 4.74 Å². The number of hydrogen-bond acceptors (Lipinski definition) is 2. The lowest BCUT2D eigenvalue weighted by Gasteiger charge is -2.31. The van der Waals surface area contributed by atoms with Gasteiger partial charge in [0.15, 0.2) is 0 Å². The Bertz CT molecular complexity index is 421. The molecule has 0 bridgehead atoms. The Hall–Kier alpha value is -1.02. The van der Waals surface area contributed by atoms with Crippen molar-refractivity contribution in [2.45, 2.75) is 65.0 Å². The topological polar surface area (TPSA) is 21.3 Å². The predicted molar refractivity (Wildman–Crippen MR) is 85.3 cm³/mol. The fourth-order valence-corrected chi connectivity index (χ4v) is 3.37. The fourth-order valence-electron chi connectivity index (χ4n) is 3.37. The molecule has 0 amide bonds. The number of ether oxygens (including phenoxy) is 1. The van der Waals surface area contributed by atoms with Crippen LogP contribution in [0, 0.1) is 12.8 Å². The van der Waals surface area contributed by atoms with Gasteiger partial charge in [-0.2, -0.15) is 0 Å². The molecule has 1 aromatic rings. The van der Waals surface area contributed by atoms with Crippen LogP contribution < -0.4 is 10.1 Å². The van der Waals surface area contributed by atoms with Crippen LogP contribution in [-0.2, 0) is 0 Å². The molecule has 0 heterocycles. The first-order valence-electron chi connectivity index (χ1n) is 8.04. The third kappa shape index (κ3) is 3.76. The molecule has 20 heavy (non-hydrogen) atoms. The molecule has 1 saturated carbocycles. The third-order valence-electron chi connectivity index (χ3n) is 4.76. The van der Waals surface area contributed by atoms with Gasteiger partial charge in [-0.05, 0) is 51.5 Å². The first-order valence-corrected chi connectivity index (χ1v) is 8.04. The van der Waals surface area contributed by atoms with Crippen molar-refractivity contribution in [1.29, 1.82) is 0 Å². The lowest BCUT2D eigenvalue weighted by molar-refractivity contribution is 0.271. The molecule has 2 rings (SSSR count). The van der Waals surface area contributed by atoms with Crippen molar-refractivity contribution in [3.8, 4) is 5.75 Å². The maximum atomic E-state index is 5.51. The minimum Gasteiger partial charge on any atom is -0.496 e. The summed E-state index contributed by atoms with van der Waals surface area (Å²) in [5, 5.41) is 3.80. The van der Waals surface area contributed by atoms with Crippen molar-refractivity contribution in [3.05, 3.63) is 29.3 Å². The van der Waals surface area contributed by atoms with E-state index in [0.717, 1.165) is 11.7 Å². The van der Waals surface area contributed by atoms with Gasteiger partial charge in [0, 0.05) is 17.6 Å². The zero-order valence-corrected chi connectivity index (χ0v) is 13.4. The van der Waals surface area contributed by atoms with Gasteiger partial charge in [-0.25, -0.2) is 0 Å². The molecule has 1 aromatic carbocycles. The van der Waals surface area contributed by atoms with Gasteiger partial charge in [0.1, 0.15) is 5.75 Å². The van der Waals surface area contributed by atoms with Crippen LogP contribution in [0.4, 0.5) is 0 Å². The third-order valence-corrected chi connectivity index (χ3v) is 4.76. The Kier molecular flexibility index (Phi) is 5.47. The van der Waals surface area contributed by atoms with Crippen molar-refractivity contribution in [2.24, 2.45) is 5.92 Å². The lowest BCUT2D eigenvalue weighted by atomic mass is 9.84. The van der Waals surface area contributed by atoms with Crippen molar-refractivity contribution in [1.82, 2.24) is 5.32 Å². The summed E-state index contributed by atoms with van der Waals surface area (Å²) in [4.78, 5) is 0. The van der Waals surface area contributed by atoms with Crippen LogP contribution in [0.15, 0.2) is 18.2 Å². The van der Waals surface area contributed by atoms with Gasteiger partial charge in [0.2, 0.25) is 0 Å². The average Bonchev–Trinajstić information content (AvgIpc) is 2.48. The van der Waals surface area contributed by atoms with E-state index in [1.165, 1.54) is 43.2 Å². The van der Waals surface area contributed by atoms with E-state index in [9.17, 15) is 0 Å². The van der Waals surface area contributed by atoms with E-state index >= 15 is 0 Å². The van der Waals surface area contributed by atoms with Crippen LogP contribution in [0.5, 0.6) is 5.75 Å².